The van der Waals surface area contributed by atoms with Crippen LogP contribution in [0.1, 0.15) is 33.3 Å². The molecule has 0 amide bonds. The Bertz CT molecular complexity index is 814. The van der Waals surface area contributed by atoms with Gasteiger partial charge in [0.25, 0.3) is 0 Å². The van der Waals surface area contributed by atoms with Crippen LogP contribution in [0.2, 0.25) is 0 Å². The molecule has 1 aromatic carbocycles. The Balaban J connectivity index is 1.70. The van der Waals surface area contributed by atoms with E-state index in [9.17, 15) is 9.59 Å². The van der Waals surface area contributed by atoms with E-state index < -0.39 is 5.97 Å². The molecule has 6 heteroatoms. The number of hydrogen-bond donors (Lipinski definition) is 0. The number of aromatic nitrogens is 1. The fourth-order valence-electron chi connectivity index (χ4n) is 3.13. The van der Waals surface area contributed by atoms with Crippen LogP contribution >= 0.6 is 0 Å². The van der Waals surface area contributed by atoms with Crippen LogP contribution in [-0.4, -0.2) is 61.5 Å². The van der Waals surface area contributed by atoms with Gasteiger partial charge in [-0.1, -0.05) is 12.1 Å². The largest absolute Gasteiger partial charge is 0.462 e. The van der Waals surface area contributed by atoms with Crippen LogP contribution in [0.25, 0.3) is 0 Å². The third-order valence-corrected chi connectivity index (χ3v) is 4.70. The van der Waals surface area contributed by atoms with Crippen LogP contribution in [0.3, 0.4) is 0 Å². The molecule has 6 nitrogen and oxygen atoms in total. The molecule has 0 atom stereocenters. The molecular weight excluding hydrogens is 342 g/mol. The second kappa shape index (κ2) is 8.77. The summed E-state index contributed by atoms with van der Waals surface area (Å²) in [4.78, 5) is 33.3. The molecule has 3 rings (SSSR count). The van der Waals surface area contributed by atoms with Crippen molar-refractivity contribution in [2.45, 2.75) is 13.3 Å². The molecule has 0 radical (unpaired) electrons. The number of ketones is 1. The summed E-state index contributed by atoms with van der Waals surface area (Å²) in [6, 6.07) is 11.1. The second-order valence-corrected chi connectivity index (χ2v) is 6.71. The molecule has 2 aromatic rings. The van der Waals surface area contributed by atoms with Crippen molar-refractivity contribution in [3.8, 4) is 0 Å². The number of hydrogen-bond acceptors (Lipinski definition) is 6. The minimum absolute atomic E-state index is 0.114. The summed E-state index contributed by atoms with van der Waals surface area (Å²) in [6.07, 6.45) is 1.72. The molecule has 0 bridgehead atoms. The Morgan fingerprint density at radius 3 is 2.63 bits per heavy atom. The lowest BCUT2D eigenvalue weighted by Crippen LogP contribution is -2.44. The second-order valence-electron chi connectivity index (χ2n) is 6.71. The zero-order chi connectivity index (χ0) is 19.2. The Kier molecular flexibility index (Phi) is 6.19. The van der Waals surface area contributed by atoms with E-state index in [1.807, 2.05) is 12.1 Å². The first-order valence-corrected chi connectivity index (χ1v) is 9.25. The summed E-state index contributed by atoms with van der Waals surface area (Å²) in [6.45, 7) is 6.08. The molecule has 0 N–H and O–H groups in total. The number of piperazine rings is 1. The number of carbonyl (C=O) groups excluding carboxylic acids is 2. The van der Waals surface area contributed by atoms with Crippen LogP contribution in [0.4, 0.5) is 5.69 Å². The average Bonchev–Trinajstić information content (AvgIpc) is 2.69. The number of pyridine rings is 1. The maximum atomic E-state index is 12.6. The zero-order valence-electron chi connectivity index (χ0n) is 15.9. The highest BCUT2D eigenvalue weighted by molar-refractivity contribution is 5.98. The van der Waals surface area contributed by atoms with Crippen molar-refractivity contribution in [1.29, 1.82) is 0 Å². The number of Topliss-reactive ketones (excluding diaryl/α,β-unsaturated/α-hetero) is 1. The van der Waals surface area contributed by atoms with E-state index in [0.29, 0.717) is 12.2 Å². The standard InChI is InChI=1S/C21H25N3O3/c1-3-27-21(26)17-7-8-22-19(15-17)20(25)14-16-5-4-6-18(13-16)24-11-9-23(2)10-12-24/h4-8,13,15H,3,9-12,14H2,1-2H3. The number of likely N-dealkylation sites (N-methyl/N-ethyl adjacent to an activating group) is 1. The van der Waals surface area contributed by atoms with Crippen LogP contribution < -0.4 is 4.90 Å². The maximum absolute atomic E-state index is 12.6. The normalized spacial score (nSPS) is 14.8. The van der Waals surface area contributed by atoms with Crippen LogP contribution in [0, 0.1) is 0 Å². The van der Waals surface area contributed by atoms with Crippen molar-refractivity contribution in [2.75, 3.05) is 44.7 Å². The van der Waals surface area contributed by atoms with Gasteiger partial charge in [0.1, 0.15) is 5.69 Å². The molecule has 1 saturated heterocycles. The molecule has 0 spiro atoms. The highest BCUT2D eigenvalue weighted by atomic mass is 16.5. The van der Waals surface area contributed by atoms with Crippen molar-refractivity contribution in [3.05, 3.63) is 59.4 Å². The van der Waals surface area contributed by atoms with Gasteiger partial charge in [0.05, 0.1) is 12.2 Å². The lowest BCUT2D eigenvalue weighted by atomic mass is 10.0. The minimum atomic E-state index is -0.439. The van der Waals surface area contributed by atoms with Gasteiger partial charge in [-0.2, -0.15) is 0 Å². The first kappa shape index (κ1) is 19.0. The zero-order valence-corrected chi connectivity index (χ0v) is 15.9. The molecule has 0 aliphatic carbocycles. The highest BCUT2D eigenvalue weighted by Gasteiger charge is 2.16. The number of carbonyl (C=O) groups is 2. The third kappa shape index (κ3) is 4.92. The third-order valence-electron chi connectivity index (χ3n) is 4.70. The van der Waals surface area contributed by atoms with Crippen LogP contribution in [-0.2, 0) is 11.2 Å². The Hall–Kier alpha value is -2.73. The Labute approximate surface area is 159 Å². The van der Waals surface area contributed by atoms with Gasteiger partial charge in [0, 0.05) is 44.5 Å². The van der Waals surface area contributed by atoms with Crippen molar-refractivity contribution in [3.63, 3.8) is 0 Å². The summed E-state index contributed by atoms with van der Waals surface area (Å²) >= 11 is 0. The minimum Gasteiger partial charge on any atom is -0.462 e. The summed E-state index contributed by atoms with van der Waals surface area (Å²) in [5.74, 6) is -0.553. The van der Waals surface area contributed by atoms with Gasteiger partial charge in [-0.15, -0.1) is 0 Å². The number of esters is 1. The molecular formula is C21H25N3O3. The van der Waals surface area contributed by atoms with Crippen molar-refractivity contribution < 1.29 is 14.3 Å². The Morgan fingerprint density at radius 2 is 1.89 bits per heavy atom. The lowest BCUT2D eigenvalue weighted by molar-refractivity contribution is 0.0526. The summed E-state index contributed by atoms with van der Waals surface area (Å²) in [5, 5.41) is 0. The molecule has 27 heavy (non-hydrogen) atoms. The quantitative estimate of drug-likeness (QED) is 0.577. The van der Waals surface area contributed by atoms with Crippen molar-refractivity contribution in [2.24, 2.45) is 0 Å². The maximum Gasteiger partial charge on any atom is 0.338 e. The highest BCUT2D eigenvalue weighted by Crippen LogP contribution is 2.19. The number of rotatable bonds is 6. The van der Waals surface area contributed by atoms with E-state index >= 15 is 0 Å². The number of anilines is 1. The van der Waals surface area contributed by atoms with E-state index in [2.05, 4.69) is 34.0 Å². The van der Waals surface area contributed by atoms with Gasteiger partial charge in [0.2, 0.25) is 0 Å². The molecule has 1 aromatic heterocycles. The van der Waals surface area contributed by atoms with E-state index in [4.69, 9.17) is 4.74 Å². The van der Waals surface area contributed by atoms with Gasteiger partial charge in [-0.05, 0) is 43.8 Å². The molecule has 0 unspecified atom stereocenters. The van der Waals surface area contributed by atoms with Crippen molar-refractivity contribution >= 4 is 17.4 Å². The van der Waals surface area contributed by atoms with Gasteiger partial charge in [0.15, 0.2) is 5.78 Å². The molecule has 2 heterocycles. The molecule has 1 aliphatic heterocycles. The van der Waals surface area contributed by atoms with E-state index in [-0.39, 0.29) is 17.9 Å². The molecule has 1 fully saturated rings. The topological polar surface area (TPSA) is 62.7 Å². The first-order chi connectivity index (χ1) is 13.1. The molecule has 142 valence electrons. The van der Waals surface area contributed by atoms with E-state index in [0.717, 1.165) is 37.4 Å². The molecule has 0 saturated carbocycles. The predicted octanol–water partition coefficient (Wildman–Crippen LogP) is 2.44. The van der Waals surface area contributed by atoms with E-state index in [1.165, 1.54) is 12.3 Å². The average molecular weight is 367 g/mol. The lowest BCUT2D eigenvalue weighted by Gasteiger charge is -2.34. The summed E-state index contributed by atoms with van der Waals surface area (Å²) < 4.78 is 4.98. The van der Waals surface area contributed by atoms with E-state index in [1.54, 1.807) is 13.0 Å². The van der Waals surface area contributed by atoms with Crippen LogP contribution in [0.5, 0.6) is 0 Å². The van der Waals surface area contributed by atoms with Crippen LogP contribution in [0.15, 0.2) is 42.6 Å². The fourth-order valence-corrected chi connectivity index (χ4v) is 3.13. The summed E-state index contributed by atoms with van der Waals surface area (Å²) in [7, 11) is 2.13. The first-order valence-electron chi connectivity index (χ1n) is 9.25. The summed E-state index contributed by atoms with van der Waals surface area (Å²) in [5.41, 5.74) is 2.72. The van der Waals surface area contributed by atoms with Gasteiger partial charge in [-0.3, -0.25) is 9.78 Å². The SMILES string of the molecule is CCOC(=O)c1ccnc(C(=O)Cc2cccc(N3CCN(C)CC3)c2)c1. The number of benzene rings is 1. The number of nitrogens with zero attached hydrogens (tertiary/aromatic N) is 3. The Morgan fingerprint density at radius 1 is 1.11 bits per heavy atom. The van der Waals surface area contributed by atoms with Crippen molar-refractivity contribution in [1.82, 2.24) is 9.88 Å². The monoisotopic (exact) mass is 367 g/mol. The smallest absolute Gasteiger partial charge is 0.338 e. The predicted molar refractivity (Wildman–Crippen MR) is 104 cm³/mol. The van der Waals surface area contributed by atoms with Gasteiger partial charge < -0.3 is 14.5 Å². The fraction of sp³-hybridized carbons (Fsp3) is 0.381. The van der Waals surface area contributed by atoms with Gasteiger partial charge in [-0.25, -0.2) is 4.79 Å². The molecule has 1 aliphatic rings. The number of ether oxygens (including phenoxy) is 1. The van der Waals surface area contributed by atoms with Gasteiger partial charge >= 0.3 is 5.97 Å².